The number of carbonyl (C=O) groups is 1. The Morgan fingerprint density at radius 3 is 2.77 bits per heavy atom. The van der Waals surface area contributed by atoms with Gasteiger partial charge < -0.3 is 9.32 Å². The van der Waals surface area contributed by atoms with Crippen molar-refractivity contribution in [3.63, 3.8) is 0 Å². The van der Waals surface area contributed by atoms with Crippen molar-refractivity contribution in [3.8, 4) is 0 Å². The van der Waals surface area contributed by atoms with Gasteiger partial charge in [-0.05, 0) is 44.0 Å². The molecule has 1 aliphatic heterocycles. The third kappa shape index (κ3) is 3.28. The summed E-state index contributed by atoms with van der Waals surface area (Å²) in [6.07, 6.45) is 2.75. The molecule has 0 spiro atoms. The Bertz CT molecular complexity index is 726. The van der Waals surface area contributed by atoms with E-state index in [1.54, 1.807) is 12.1 Å². The number of hydrogen-bond donors (Lipinski definition) is 0. The minimum absolute atomic E-state index is 0.127. The molecule has 0 aliphatic carbocycles. The number of rotatable bonds is 4. The van der Waals surface area contributed by atoms with Crippen LogP contribution in [0.15, 0.2) is 39.5 Å². The lowest BCUT2D eigenvalue weighted by Crippen LogP contribution is -2.34. The lowest BCUT2D eigenvalue weighted by Gasteiger charge is -2.29. The summed E-state index contributed by atoms with van der Waals surface area (Å²) < 4.78 is 5.23. The van der Waals surface area contributed by atoms with Crippen LogP contribution >= 0.6 is 0 Å². The van der Waals surface area contributed by atoms with Crippen molar-refractivity contribution >= 4 is 16.8 Å². The van der Waals surface area contributed by atoms with Crippen LogP contribution in [0, 0.1) is 5.92 Å². The fraction of sp³-hybridized carbons (Fsp3) is 0.444. The first-order valence-electron chi connectivity index (χ1n) is 7.92. The van der Waals surface area contributed by atoms with Gasteiger partial charge in [0.1, 0.15) is 11.1 Å². The Hall–Kier alpha value is -1.94. The normalized spacial score (nSPS) is 17.0. The first kappa shape index (κ1) is 15.0. The first-order chi connectivity index (χ1) is 10.6. The van der Waals surface area contributed by atoms with E-state index in [1.807, 2.05) is 18.2 Å². The first-order valence-corrected chi connectivity index (χ1v) is 7.92. The second-order valence-electron chi connectivity index (χ2n) is 6.18. The van der Waals surface area contributed by atoms with Crippen molar-refractivity contribution in [3.05, 3.63) is 46.3 Å². The lowest BCUT2D eigenvalue weighted by atomic mass is 9.99. The Kier molecular flexibility index (Phi) is 4.39. The molecule has 4 heteroatoms. The van der Waals surface area contributed by atoms with Crippen LogP contribution in [0.2, 0.25) is 0 Å². The predicted octanol–water partition coefficient (Wildman–Crippen LogP) is 3.10. The maximum atomic E-state index is 12.3. The summed E-state index contributed by atoms with van der Waals surface area (Å²) in [6.45, 7) is 5.07. The highest BCUT2D eigenvalue weighted by atomic mass is 16.4. The van der Waals surface area contributed by atoms with Crippen LogP contribution in [0.3, 0.4) is 0 Å². The van der Waals surface area contributed by atoms with Crippen LogP contribution in [0.1, 0.15) is 36.5 Å². The van der Waals surface area contributed by atoms with Crippen molar-refractivity contribution in [1.29, 1.82) is 0 Å². The second kappa shape index (κ2) is 6.44. The molecular weight excluding hydrogens is 278 g/mol. The number of carbonyl (C=O) groups excluding carboxylic acids is 1. The highest BCUT2D eigenvalue weighted by molar-refractivity contribution is 5.98. The van der Waals surface area contributed by atoms with Gasteiger partial charge in [0.05, 0.1) is 0 Å². The molecule has 1 aliphatic rings. The second-order valence-corrected chi connectivity index (χ2v) is 6.18. The standard InChI is InChI=1S/C18H21NO3/c1-13-6-9-19(10-7-13)11-8-16(20)15-12-14-4-2-3-5-17(14)22-18(15)21/h2-5,12-13H,6-11H2,1H3. The van der Waals surface area contributed by atoms with E-state index in [0.29, 0.717) is 12.0 Å². The molecule has 1 saturated heterocycles. The molecule has 22 heavy (non-hydrogen) atoms. The van der Waals surface area contributed by atoms with Crippen molar-refractivity contribution in [2.75, 3.05) is 19.6 Å². The molecule has 4 nitrogen and oxygen atoms in total. The van der Waals surface area contributed by atoms with E-state index in [9.17, 15) is 9.59 Å². The molecule has 0 radical (unpaired) electrons. The van der Waals surface area contributed by atoms with Gasteiger partial charge in [0.15, 0.2) is 5.78 Å². The van der Waals surface area contributed by atoms with Crippen LogP contribution in [-0.2, 0) is 0 Å². The van der Waals surface area contributed by atoms with Gasteiger partial charge in [-0.15, -0.1) is 0 Å². The number of piperidine rings is 1. The topological polar surface area (TPSA) is 50.5 Å². The SMILES string of the molecule is CC1CCN(CCC(=O)c2cc3ccccc3oc2=O)CC1. The van der Waals surface area contributed by atoms with Crippen molar-refractivity contribution in [2.45, 2.75) is 26.2 Å². The molecule has 0 saturated carbocycles. The van der Waals surface area contributed by atoms with Crippen molar-refractivity contribution in [1.82, 2.24) is 4.90 Å². The Balaban J connectivity index is 1.69. The molecule has 0 unspecified atom stereocenters. The summed E-state index contributed by atoms with van der Waals surface area (Å²) >= 11 is 0. The minimum atomic E-state index is -0.532. The number of Topliss-reactive ketones (excluding diaryl/α,β-unsaturated/α-hetero) is 1. The molecule has 0 N–H and O–H groups in total. The molecule has 0 amide bonds. The van der Waals surface area contributed by atoms with Crippen molar-refractivity contribution in [2.24, 2.45) is 5.92 Å². The van der Waals surface area contributed by atoms with E-state index in [0.717, 1.165) is 30.9 Å². The zero-order chi connectivity index (χ0) is 15.5. The van der Waals surface area contributed by atoms with Gasteiger partial charge in [-0.1, -0.05) is 25.1 Å². The van der Waals surface area contributed by atoms with E-state index >= 15 is 0 Å². The van der Waals surface area contributed by atoms with E-state index in [1.165, 1.54) is 12.8 Å². The average Bonchev–Trinajstić information content (AvgIpc) is 2.53. The van der Waals surface area contributed by atoms with E-state index in [2.05, 4.69) is 11.8 Å². The van der Waals surface area contributed by atoms with Gasteiger partial charge in [0.25, 0.3) is 0 Å². The van der Waals surface area contributed by atoms with E-state index in [4.69, 9.17) is 4.42 Å². The van der Waals surface area contributed by atoms with Crippen LogP contribution < -0.4 is 5.63 Å². The van der Waals surface area contributed by atoms with E-state index in [-0.39, 0.29) is 11.3 Å². The average molecular weight is 299 g/mol. The summed E-state index contributed by atoms with van der Waals surface area (Å²) in [6, 6.07) is 8.92. The molecule has 2 aromatic rings. The van der Waals surface area contributed by atoms with Gasteiger partial charge in [-0.2, -0.15) is 0 Å². The van der Waals surface area contributed by atoms with Gasteiger partial charge in [-0.25, -0.2) is 4.79 Å². The fourth-order valence-corrected chi connectivity index (χ4v) is 2.94. The third-order valence-corrected chi connectivity index (χ3v) is 4.47. The maximum Gasteiger partial charge on any atom is 0.347 e. The number of para-hydroxylation sites is 1. The van der Waals surface area contributed by atoms with Crippen molar-refractivity contribution < 1.29 is 9.21 Å². The Morgan fingerprint density at radius 1 is 1.27 bits per heavy atom. The molecule has 1 fully saturated rings. The highest BCUT2D eigenvalue weighted by Crippen LogP contribution is 2.17. The Labute approximate surface area is 129 Å². The maximum absolute atomic E-state index is 12.3. The summed E-state index contributed by atoms with van der Waals surface area (Å²) in [5, 5.41) is 0.789. The fourth-order valence-electron chi connectivity index (χ4n) is 2.94. The number of fused-ring (bicyclic) bond motifs is 1. The number of benzene rings is 1. The van der Waals surface area contributed by atoms with Crippen LogP contribution in [-0.4, -0.2) is 30.3 Å². The summed E-state index contributed by atoms with van der Waals surface area (Å²) in [7, 11) is 0. The van der Waals surface area contributed by atoms with Crippen LogP contribution in [0.25, 0.3) is 11.0 Å². The molecule has 3 rings (SSSR count). The zero-order valence-electron chi connectivity index (χ0n) is 12.9. The lowest BCUT2D eigenvalue weighted by molar-refractivity contribution is 0.0949. The minimum Gasteiger partial charge on any atom is -0.422 e. The monoisotopic (exact) mass is 299 g/mol. The predicted molar refractivity (Wildman–Crippen MR) is 86.3 cm³/mol. The van der Waals surface area contributed by atoms with Gasteiger partial charge in [0.2, 0.25) is 0 Å². The largest absolute Gasteiger partial charge is 0.422 e. The molecule has 116 valence electrons. The summed E-state index contributed by atoms with van der Waals surface area (Å²) in [5.41, 5.74) is 0.161. The highest BCUT2D eigenvalue weighted by Gasteiger charge is 2.18. The number of nitrogens with zero attached hydrogens (tertiary/aromatic N) is 1. The smallest absolute Gasteiger partial charge is 0.347 e. The molecule has 1 aromatic heterocycles. The Morgan fingerprint density at radius 2 is 2.00 bits per heavy atom. The van der Waals surface area contributed by atoms with Gasteiger partial charge in [0, 0.05) is 18.4 Å². The zero-order valence-corrected chi connectivity index (χ0v) is 12.9. The molecule has 0 atom stereocenters. The van der Waals surface area contributed by atoms with Crippen LogP contribution in [0.4, 0.5) is 0 Å². The number of likely N-dealkylation sites (tertiary alicyclic amines) is 1. The molecule has 1 aromatic carbocycles. The third-order valence-electron chi connectivity index (χ3n) is 4.47. The quantitative estimate of drug-likeness (QED) is 0.643. The molecular formula is C18H21NO3. The van der Waals surface area contributed by atoms with E-state index < -0.39 is 5.63 Å². The summed E-state index contributed by atoms with van der Waals surface area (Å²) in [4.78, 5) is 26.6. The number of hydrogen-bond acceptors (Lipinski definition) is 4. The van der Waals surface area contributed by atoms with Gasteiger partial charge >= 0.3 is 5.63 Å². The number of ketones is 1. The summed E-state index contributed by atoms with van der Waals surface area (Å²) in [5.74, 6) is 0.651. The molecule has 2 heterocycles. The van der Waals surface area contributed by atoms with Gasteiger partial charge in [-0.3, -0.25) is 4.79 Å². The molecule has 0 bridgehead atoms. The van der Waals surface area contributed by atoms with Crippen LogP contribution in [0.5, 0.6) is 0 Å².